The first kappa shape index (κ1) is 14.5. The van der Waals surface area contributed by atoms with Crippen LogP contribution in [0, 0.1) is 13.8 Å². The minimum Gasteiger partial charge on any atom is -0.327 e. The minimum absolute atomic E-state index is 0.126. The molecule has 0 aromatic heterocycles. The van der Waals surface area contributed by atoms with Crippen LogP contribution in [-0.2, 0) is 4.79 Å². The van der Waals surface area contributed by atoms with Gasteiger partial charge in [0.15, 0.2) is 5.11 Å². The van der Waals surface area contributed by atoms with Crippen molar-refractivity contribution >= 4 is 35.0 Å². The molecule has 0 unspecified atom stereocenters. The van der Waals surface area contributed by atoms with Crippen molar-refractivity contribution in [3.63, 3.8) is 0 Å². The summed E-state index contributed by atoms with van der Waals surface area (Å²) >= 11 is 5.32. The van der Waals surface area contributed by atoms with Gasteiger partial charge in [0.25, 0.3) is 5.91 Å². The predicted molar refractivity (Wildman–Crippen MR) is 93.6 cm³/mol. The van der Waals surface area contributed by atoms with Crippen molar-refractivity contribution in [3.8, 4) is 0 Å². The van der Waals surface area contributed by atoms with Crippen molar-refractivity contribution in [2.75, 3.05) is 4.90 Å². The smallest absolute Gasteiger partial charge is 0.281 e. The number of carbonyl (C=O) groups excluding carboxylic acids is 1. The summed E-state index contributed by atoms with van der Waals surface area (Å²) in [5, 5.41) is 3.43. The van der Waals surface area contributed by atoms with E-state index in [-0.39, 0.29) is 5.91 Å². The molecule has 22 heavy (non-hydrogen) atoms. The van der Waals surface area contributed by atoms with Crippen LogP contribution in [0.25, 0.3) is 6.08 Å². The lowest BCUT2D eigenvalue weighted by atomic mass is 10.1. The first-order chi connectivity index (χ1) is 10.6. The minimum atomic E-state index is -0.126. The predicted octanol–water partition coefficient (Wildman–Crippen LogP) is 3.57. The summed E-state index contributed by atoms with van der Waals surface area (Å²) < 4.78 is 0. The molecule has 0 aliphatic carbocycles. The molecule has 110 valence electrons. The number of nitrogens with one attached hydrogen (secondary N) is 1. The van der Waals surface area contributed by atoms with Gasteiger partial charge in [0.1, 0.15) is 5.70 Å². The monoisotopic (exact) mass is 308 g/mol. The summed E-state index contributed by atoms with van der Waals surface area (Å²) in [5.74, 6) is -0.126. The van der Waals surface area contributed by atoms with Gasteiger partial charge in [-0.2, -0.15) is 0 Å². The molecule has 0 saturated carbocycles. The van der Waals surface area contributed by atoms with Crippen LogP contribution in [0.4, 0.5) is 5.69 Å². The molecule has 1 N–H and O–H groups in total. The maximum atomic E-state index is 12.7. The first-order valence-electron chi connectivity index (χ1n) is 7.06. The van der Waals surface area contributed by atoms with E-state index in [0.29, 0.717) is 10.8 Å². The number of nitrogens with zero attached hydrogens (tertiary/aromatic N) is 1. The number of rotatable bonds is 2. The quantitative estimate of drug-likeness (QED) is 0.680. The summed E-state index contributed by atoms with van der Waals surface area (Å²) in [6.45, 7) is 4.01. The zero-order chi connectivity index (χ0) is 15.7. The molecule has 1 fully saturated rings. The highest BCUT2D eigenvalue weighted by atomic mass is 32.1. The summed E-state index contributed by atoms with van der Waals surface area (Å²) in [6, 6.07) is 15.7. The molecule has 2 aromatic carbocycles. The molecular formula is C18H16N2OS. The van der Waals surface area contributed by atoms with Crippen LogP contribution in [0.2, 0.25) is 0 Å². The van der Waals surface area contributed by atoms with Gasteiger partial charge in [-0.05, 0) is 61.0 Å². The Bertz CT molecular complexity index is 795. The highest BCUT2D eigenvalue weighted by molar-refractivity contribution is 7.80. The van der Waals surface area contributed by atoms with E-state index in [0.717, 1.165) is 22.4 Å². The van der Waals surface area contributed by atoms with Gasteiger partial charge in [-0.3, -0.25) is 9.69 Å². The molecule has 1 amide bonds. The topological polar surface area (TPSA) is 32.3 Å². The van der Waals surface area contributed by atoms with E-state index in [9.17, 15) is 4.79 Å². The molecule has 1 heterocycles. The van der Waals surface area contributed by atoms with Crippen LogP contribution in [0.1, 0.15) is 16.7 Å². The molecule has 1 saturated heterocycles. The molecule has 3 rings (SSSR count). The number of hydrogen-bond acceptors (Lipinski definition) is 2. The van der Waals surface area contributed by atoms with Crippen LogP contribution in [0.15, 0.2) is 54.2 Å². The highest BCUT2D eigenvalue weighted by Gasteiger charge is 2.31. The zero-order valence-electron chi connectivity index (χ0n) is 12.5. The Morgan fingerprint density at radius 3 is 2.59 bits per heavy atom. The number of benzene rings is 2. The Morgan fingerprint density at radius 2 is 1.86 bits per heavy atom. The fourth-order valence-electron chi connectivity index (χ4n) is 2.44. The van der Waals surface area contributed by atoms with E-state index in [2.05, 4.69) is 5.32 Å². The molecular weight excluding hydrogens is 292 g/mol. The van der Waals surface area contributed by atoms with Crippen LogP contribution < -0.4 is 10.2 Å². The Hall–Kier alpha value is -2.46. The number of anilines is 1. The van der Waals surface area contributed by atoms with Gasteiger partial charge < -0.3 is 5.32 Å². The lowest BCUT2D eigenvalue weighted by molar-refractivity contribution is -0.113. The molecule has 0 radical (unpaired) electrons. The van der Waals surface area contributed by atoms with Gasteiger partial charge in [0.05, 0.1) is 5.69 Å². The van der Waals surface area contributed by atoms with E-state index in [1.165, 1.54) is 4.90 Å². The standard InChI is InChI=1S/C18H16N2OS/c1-12-6-5-9-15(10-12)20-17(21)16(19-18(20)22)11-14-8-4-3-7-13(14)2/h3-11H,1-2H3,(H,19,22)/b16-11+. The third kappa shape index (κ3) is 2.65. The van der Waals surface area contributed by atoms with Crippen LogP contribution in [-0.4, -0.2) is 11.0 Å². The number of hydrogen-bond donors (Lipinski definition) is 1. The molecule has 2 aromatic rings. The average molecular weight is 308 g/mol. The van der Waals surface area contributed by atoms with Crippen LogP contribution in [0.5, 0.6) is 0 Å². The fraction of sp³-hybridized carbons (Fsp3) is 0.111. The fourth-order valence-corrected chi connectivity index (χ4v) is 2.74. The van der Waals surface area contributed by atoms with Crippen molar-refractivity contribution in [2.24, 2.45) is 0 Å². The number of thiocarbonyl (C=S) groups is 1. The van der Waals surface area contributed by atoms with Crippen LogP contribution in [0.3, 0.4) is 0 Å². The molecule has 3 nitrogen and oxygen atoms in total. The van der Waals surface area contributed by atoms with Gasteiger partial charge in [-0.15, -0.1) is 0 Å². The van der Waals surface area contributed by atoms with E-state index in [4.69, 9.17) is 12.2 Å². The second kappa shape index (κ2) is 5.73. The second-order valence-electron chi connectivity index (χ2n) is 5.32. The highest BCUT2D eigenvalue weighted by Crippen LogP contribution is 2.23. The Morgan fingerprint density at radius 1 is 1.09 bits per heavy atom. The van der Waals surface area contributed by atoms with Gasteiger partial charge in [-0.25, -0.2) is 0 Å². The number of carbonyl (C=O) groups is 1. The molecule has 0 bridgehead atoms. The van der Waals surface area contributed by atoms with Crippen molar-refractivity contribution < 1.29 is 4.79 Å². The summed E-state index contributed by atoms with van der Waals surface area (Å²) in [6.07, 6.45) is 1.85. The van der Waals surface area contributed by atoms with E-state index < -0.39 is 0 Å². The van der Waals surface area contributed by atoms with Crippen molar-refractivity contribution in [1.82, 2.24) is 5.32 Å². The van der Waals surface area contributed by atoms with E-state index in [1.807, 2.05) is 68.5 Å². The molecule has 1 aliphatic rings. The average Bonchev–Trinajstić information content (AvgIpc) is 2.76. The lowest BCUT2D eigenvalue weighted by Crippen LogP contribution is -2.30. The number of aryl methyl sites for hydroxylation is 2. The van der Waals surface area contributed by atoms with Gasteiger partial charge in [0.2, 0.25) is 0 Å². The first-order valence-corrected chi connectivity index (χ1v) is 7.46. The maximum absolute atomic E-state index is 12.7. The SMILES string of the molecule is Cc1cccc(N2C(=O)/C(=C\c3ccccc3C)NC2=S)c1. The van der Waals surface area contributed by atoms with Gasteiger partial charge >= 0.3 is 0 Å². The van der Waals surface area contributed by atoms with Crippen LogP contribution >= 0.6 is 12.2 Å². The van der Waals surface area contributed by atoms with Crippen molar-refractivity contribution in [3.05, 3.63) is 70.9 Å². The summed E-state index contributed by atoms with van der Waals surface area (Å²) in [7, 11) is 0. The third-order valence-electron chi connectivity index (χ3n) is 3.63. The molecule has 0 spiro atoms. The Labute approximate surface area is 135 Å². The Kier molecular flexibility index (Phi) is 3.77. The molecule has 1 aliphatic heterocycles. The lowest BCUT2D eigenvalue weighted by Gasteiger charge is -2.14. The van der Waals surface area contributed by atoms with E-state index in [1.54, 1.807) is 0 Å². The molecule has 4 heteroatoms. The normalized spacial score (nSPS) is 16.3. The van der Waals surface area contributed by atoms with E-state index >= 15 is 0 Å². The third-order valence-corrected chi connectivity index (χ3v) is 3.91. The van der Waals surface area contributed by atoms with Crippen molar-refractivity contribution in [2.45, 2.75) is 13.8 Å². The molecule has 0 atom stereocenters. The van der Waals surface area contributed by atoms with Gasteiger partial charge in [-0.1, -0.05) is 36.4 Å². The summed E-state index contributed by atoms with van der Waals surface area (Å²) in [4.78, 5) is 14.2. The zero-order valence-corrected chi connectivity index (χ0v) is 13.3. The number of amides is 1. The maximum Gasteiger partial charge on any atom is 0.281 e. The van der Waals surface area contributed by atoms with Gasteiger partial charge in [0, 0.05) is 0 Å². The van der Waals surface area contributed by atoms with Crippen molar-refractivity contribution in [1.29, 1.82) is 0 Å². The second-order valence-corrected chi connectivity index (χ2v) is 5.71. The summed E-state index contributed by atoms with van der Waals surface area (Å²) in [5.41, 5.74) is 4.50. The largest absolute Gasteiger partial charge is 0.327 e. The Balaban J connectivity index is 1.97.